The van der Waals surface area contributed by atoms with E-state index in [1.807, 2.05) is 4.90 Å². The van der Waals surface area contributed by atoms with Gasteiger partial charge in [0.2, 0.25) is 5.91 Å². The van der Waals surface area contributed by atoms with E-state index in [0.717, 1.165) is 52.1 Å². The Kier molecular flexibility index (Phi) is 8.08. The van der Waals surface area contributed by atoms with Crippen molar-refractivity contribution in [3.8, 4) is 0 Å². The number of carbonyl (C=O) groups excluding carboxylic acids is 2. The number of nitrogens with one attached hydrogen (secondary N) is 3. The summed E-state index contributed by atoms with van der Waals surface area (Å²) in [6.45, 7) is 7.88. The first-order chi connectivity index (χ1) is 14.0. The number of amides is 4. The van der Waals surface area contributed by atoms with Gasteiger partial charge in [-0.2, -0.15) is 0 Å². The number of carbonyl (C=O) groups is 3. The van der Waals surface area contributed by atoms with E-state index in [2.05, 4.69) is 20.9 Å². The largest absolute Gasteiger partial charge is 0.465 e. The van der Waals surface area contributed by atoms with E-state index in [1.165, 1.54) is 17.7 Å². The third-order valence-corrected chi connectivity index (χ3v) is 6.25. The molecule has 4 aliphatic rings. The minimum absolute atomic E-state index is 0.138. The third-order valence-electron chi connectivity index (χ3n) is 6.25. The number of hydrogen-bond acceptors (Lipinski definition) is 6. The van der Waals surface area contributed by atoms with Crippen LogP contribution in [0, 0.1) is 0 Å². The summed E-state index contributed by atoms with van der Waals surface area (Å²) in [7, 11) is 0. The molecule has 1 saturated carbocycles. The monoisotopic (exact) mass is 410 g/mol. The van der Waals surface area contributed by atoms with Gasteiger partial charge in [-0.1, -0.05) is 0 Å². The average molecular weight is 411 g/mol. The van der Waals surface area contributed by atoms with Crippen molar-refractivity contribution >= 4 is 18.0 Å². The Bertz CT molecular complexity index is 569. The molecule has 164 valence electrons. The predicted molar refractivity (Wildman–Crippen MR) is 108 cm³/mol. The summed E-state index contributed by atoms with van der Waals surface area (Å²) in [5.74, 6) is -0.138. The molecule has 4 N–H and O–H groups in total. The van der Waals surface area contributed by atoms with Crippen LogP contribution in [0.1, 0.15) is 32.1 Å². The molecule has 0 atom stereocenters. The number of hydrogen-bond donors (Lipinski definition) is 4. The van der Waals surface area contributed by atoms with Gasteiger partial charge in [-0.3, -0.25) is 15.0 Å². The van der Waals surface area contributed by atoms with Crippen molar-refractivity contribution in [1.29, 1.82) is 0 Å². The lowest BCUT2D eigenvalue weighted by Gasteiger charge is -2.42. The maximum absolute atomic E-state index is 11.9. The van der Waals surface area contributed by atoms with E-state index < -0.39 is 6.09 Å². The second-order valence-electron chi connectivity index (χ2n) is 8.06. The maximum Gasteiger partial charge on any atom is 0.407 e. The number of carboxylic acid groups (broad SMARTS) is 1. The molecule has 10 heteroatoms. The minimum atomic E-state index is -0.809. The molecule has 0 spiro atoms. The van der Waals surface area contributed by atoms with Crippen LogP contribution in [0.3, 0.4) is 0 Å². The first-order valence-corrected chi connectivity index (χ1v) is 10.8. The number of nitrogens with zero attached hydrogens (tertiary/aromatic N) is 3. The van der Waals surface area contributed by atoms with Crippen molar-refractivity contribution in [3.63, 3.8) is 0 Å². The number of urea groups is 1. The zero-order valence-corrected chi connectivity index (χ0v) is 17.1. The molecule has 0 radical (unpaired) electrons. The Morgan fingerprint density at radius 2 is 1.38 bits per heavy atom. The van der Waals surface area contributed by atoms with Crippen LogP contribution in [-0.2, 0) is 4.79 Å². The quantitative estimate of drug-likeness (QED) is 0.494. The number of rotatable bonds is 2. The van der Waals surface area contributed by atoms with Crippen molar-refractivity contribution < 1.29 is 19.5 Å². The lowest BCUT2D eigenvalue weighted by molar-refractivity contribution is -0.121. The number of imide groups is 1. The van der Waals surface area contributed by atoms with Crippen LogP contribution in [0.25, 0.3) is 0 Å². The third kappa shape index (κ3) is 6.28. The van der Waals surface area contributed by atoms with Gasteiger partial charge >= 0.3 is 12.1 Å². The fourth-order valence-corrected chi connectivity index (χ4v) is 4.56. The summed E-state index contributed by atoms with van der Waals surface area (Å²) in [6, 6.07) is 0.817. The predicted octanol–water partition coefficient (Wildman–Crippen LogP) is -0.286. The number of piperazine rings is 2. The van der Waals surface area contributed by atoms with E-state index in [-0.39, 0.29) is 11.9 Å². The van der Waals surface area contributed by atoms with Gasteiger partial charge in [0.1, 0.15) is 0 Å². The molecule has 0 aromatic heterocycles. The molecule has 1 aliphatic carbocycles. The lowest BCUT2D eigenvalue weighted by Crippen LogP contribution is -2.56. The molecule has 29 heavy (non-hydrogen) atoms. The molecule has 4 amide bonds. The highest BCUT2D eigenvalue weighted by Gasteiger charge is 2.33. The Balaban J connectivity index is 0.000000224. The molecule has 4 fully saturated rings. The molecule has 3 heterocycles. The highest BCUT2D eigenvalue weighted by atomic mass is 16.4. The van der Waals surface area contributed by atoms with Gasteiger partial charge in [-0.15, -0.1) is 0 Å². The van der Waals surface area contributed by atoms with E-state index >= 15 is 0 Å². The van der Waals surface area contributed by atoms with Crippen LogP contribution >= 0.6 is 0 Å². The van der Waals surface area contributed by atoms with Gasteiger partial charge in [0.15, 0.2) is 0 Å². The Morgan fingerprint density at radius 3 is 1.90 bits per heavy atom. The zero-order valence-electron chi connectivity index (χ0n) is 17.1. The Labute approximate surface area is 171 Å². The Morgan fingerprint density at radius 1 is 0.828 bits per heavy atom. The van der Waals surface area contributed by atoms with E-state index in [4.69, 9.17) is 5.11 Å². The van der Waals surface area contributed by atoms with Gasteiger partial charge in [-0.05, 0) is 25.7 Å². The summed E-state index contributed by atoms with van der Waals surface area (Å²) in [4.78, 5) is 39.2. The molecule has 0 unspecified atom stereocenters. The molecule has 3 saturated heterocycles. The standard InChI is InChI=1S/C14H24N4O2.C5H10N2O2/c19-13-5-8-18(14(20)16-13)12-3-1-11(2-4-12)17-9-6-15-7-10-17;8-5(9)7-3-1-6-2-4-7/h11-12,15H,1-10H2,(H,16,19,20);6H,1-4H2,(H,8,9). The fourth-order valence-electron chi connectivity index (χ4n) is 4.56. The molecule has 4 rings (SSSR count). The molecule has 10 nitrogen and oxygen atoms in total. The average Bonchev–Trinajstić information content (AvgIpc) is 2.76. The summed E-state index contributed by atoms with van der Waals surface area (Å²) in [5.41, 5.74) is 0. The van der Waals surface area contributed by atoms with Crippen LogP contribution in [0.15, 0.2) is 0 Å². The van der Waals surface area contributed by atoms with E-state index in [1.54, 1.807) is 0 Å². The molecule has 0 aromatic rings. The van der Waals surface area contributed by atoms with Crippen molar-refractivity contribution in [3.05, 3.63) is 0 Å². The lowest BCUT2D eigenvalue weighted by atomic mass is 9.88. The van der Waals surface area contributed by atoms with Crippen LogP contribution in [0.5, 0.6) is 0 Å². The normalized spacial score (nSPS) is 29.0. The van der Waals surface area contributed by atoms with Crippen LogP contribution in [-0.4, -0.2) is 109 Å². The SMILES string of the molecule is O=C(O)N1CCNCC1.O=C1CCN(C2CCC(N3CCNCC3)CC2)C(=O)N1. The highest BCUT2D eigenvalue weighted by Crippen LogP contribution is 2.27. The summed E-state index contributed by atoms with van der Waals surface area (Å²) >= 11 is 0. The molecule has 0 bridgehead atoms. The molecular formula is C19H34N6O4. The van der Waals surface area contributed by atoms with Crippen molar-refractivity contribution in [2.45, 2.75) is 44.2 Å². The maximum atomic E-state index is 11.9. The van der Waals surface area contributed by atoms with Gasteiger partial charge in [0, 0.05) is 77.4 Å². The van der Waals surface area contributed by atoms with Crippen LogP contribution in [0.2, 0.25) is 0 Å². The second kappa shape index (κ2) is 10.7. The molecule has 3 aliphatic heterocycles. The van der Waals surface area contributed by atoms with Gasteiger partial charge in [0.25, 0.3) is 0 Å². The first-order valence-electron chi connectivity index (χ1n) is 10.8. The molecular weight excluding hydrogens is 376 g/mol. The molecule has 0 aromatic carbocycles. The smallest absolute Gasteiger partial charge is 0.407 e. The van der Waals surface area contributed by atoms with Gasteiger partial charge in [0.05, 0.1) is 0 Å². The summed E-state index contributed by atoms with van der Waals surface area (Å²) in [5, 5.41) is 17.3. The fraction of sp³-hybridized carbons (Fsp3) is 0.842. The minimum Gasteiger partial charge on any atom is -0.465 e. The summed E-state index contributed by atoms with van der Waals surface area (Å²) < 4.78 is 0. The van der Waals surface area contributed by atoms with Crippen molar-refractivity contribution in [2.75, 3.05) is 58.9 Å². The first kappa shape index (κ1) is 21.8. The van der Waals surface area contributed by atoms with Crippen LogP contribution < -0.4 is 16.0 Å². The zero-order chi connectivity index (χ0) is 20.6. The highest BCUT2D eigenvalue weighted by molar-refractivity contribution is 5.96. The van der Waals surface area contributed by atoms with Crippen LogP contribution in [0.4, 0.5) is 9.59 Å². The summed E-state index contributed by atoms with van der Waals surface area (Å²) in [6.07, 6.45) is 4.11. The van der Waals surface area contributed by atoms with Crippen molar-refractivity contribution in [2.24, 2.45) is 0 Å². The Hall–Kier alpha value is -1.91. The van der Waals surface area contributed by atoms with E-state index in [0.29, 0.717) is 38.1 Å². The topological polar surface area (TPSA) is 117 Å². The van der Waals surface area contributed by atoms with E-state index in [9.17, 15) is 14.4 Å². The second-order valence-corrected chi connectivity index (χ2v) is 8.06. The van der Waals surface area contributed by atoms with Gasteiger partial charge < -0.3 is 25.5 Å². The van der Waals surface area contributed by atoms with Crippen molar-refractivity contribution in [1.82, 2.24) is 30.7 Å². The van der Waals surface area contributed by atoms with Gasteiger partial charge in [-0.25, -0.2) is 9.59 Å².